The second-order valence-corrected chi connectivity index (χ2v) is 6.85. The molecule has 3 rings (SSSR count). The average molecular weight is 447 g/mol. The number of aryl methyl sites for hydroxylation is 1. The topological polar surface area (TPSA) is 79.7 Å². The number of carbonyl (C=O) groups excluding carboxylic acids is 2. The van der Waals surface area contributed by atoms with E-state index in [1.54, 1.807) is 19.4 Å². The minimum absolute atomic E-state index is 0.148. The van der Waals surface area contributed by atoms with Gasteiger partial charge in [0.1, 0.15) is 11.1 Å². The standard InChI is InChI=1S/C15H13NO2S.C5H9NO2.2C2H6/c1-4-11-7-6-10(3)12(8-11)14-16-13(9-19-14)15(17)18-5-2;1-6-3-2-4(7)5(6)8;2*1-2/h1,6-9H,5H2,2-3H3;4,7H,2-3H2,1H3;2*1-2H3. The Hall–Kier alpha value is -2.69. The van der Waals surface area contributed by atoms with Crippen LogP contribution in [0.15, 0.2) is 23.6 Å². The van der Waals surface area contributed by atoms with Crippen molar-refractivity contribution in [3.05, 3.63) is 40.4 Å². The molecule has 0 saturated carbocycles. The highest BCUT2D eigenvalue weighted by Crippen LogP contribution is 2.28. The summed E-state index contributed by atoms with van der Waals surface area (Å²) in [5, 5.41) is 11.3. The highest BCUT2D eigenvalue weighted by molar-refractivity contribution is 7.13. The van der Waals surface area contributed by atoms with Gasteiger partial charge >= 0.3 is 5.97 Å². The third-order valence-corrected chi connectivity index (χ3v) is 4.90. The molecule has 0 spiro atoms. The van der Waals surface area contributed by atoms with Crippen LogP contribution in [-0.2, 0) is 9.53 Å². The molecule has 1 saturated heterocycles. The Morgan fingerprint density at radius 1 is 1.35 bits per heavy atom. The van der Waals surface area contributed by atoms with E-state index in [0.717, 1.165) is 21.7 Å². The number of thiazole rings is 1. The molecular formula is C24H34N2O4S. The molecule has 1 aromatic heterocycles. The normalized spacial score (nSPS) is 14.1. The number of aliphatic hydroxyl groups excluding tert-OH is 1. The largest absolute Gasteiger partial charge is 0.461 e. The summed E-state index contributed by atoms with van der Waals surface area (Å²) in [5.41, 5.74) is 3.17. The number of benzene rings is 1. The monoisotopic (exact) mass is 446 g/mol. The third-order valence-electron chi connectivity index (χ3n) is 4.02. The predicted octanol–water partition coefficient (Wildman–Crippen LogP) is 4.54. The fourth-order valence-corrected chi connectivity index (χ4v) is 3.31. The fourth-order valence-electron chi connectivity index (χ4n) is 2.44. The van der Waals surface area contributed by atoms with Crippen LogP contribution in [-0.4, -0.2) is 53.2 Å². The van der Waals surface area contributed by atoms with Crippen LogP contribution in [0.4, 0.5) is 0 Å². The van der Waals surface area contributed by atoms with E-state index in [2.05, 4.69) is 10.9 Å². The first-order valence-electron chi connectivity index (χ1n) is 10.5. The van der Waals surface area contributed by atoms with Gasteiger partial charge in [-0.2, -0.15) is 0 Å². The summed E-state index contributed by atoms with van der Waals surface area (Å²) in [4.78, 5) is 28.0. The molecule has 6 nitrogen and oxygen atoms in total. The molecule has 1 aliphatic heterocycles. The van der Waals surface area contributed by atoms with Crippen molar-refractivity contribution in [3.63, 3.8) is 0 Å². The smallest absolute Gasteiger partial charge is 0.357 e. The van der Waals surface area contributed by atoms with E-state index in [4.69, 9.17) is 16.3 Å². The highest BCUT2D eigenvalue weighted by atomic mass is 32.1. The number of hydrogen-bond acceptors (Lipinski definition) is 6. The Labute approximate surface area is 190 Å². The number of likely N-dealkylation sites (N-methyl/N-ethyl adjacent to an activating group) is 1. The molecule has 170 valence electrons. The zero-order valence-corrected chi connectivity index (χ0v) is 20.4. The van der Waals surface area contributed by atoms with E-state index in [9.17, 15) is 9.59 Å². The van der Waals surface area contributed by atoms with E-state index >= 15 is 0 Å². The van der Waals surface area contributed by atoms with Crippen LogP contribution in [0, 0.1) is 19.3 Å². The van der Waals surface area contributed by atoms with Gasteiger partial charge in [-0.15, -0.1) is 17.8 Å². The number of aliphatic hydroxyl groups is 1. The second-order valence-electron chi connectivity index (χ2n) is 6.00. The molecule has 7 heteroatoms. The Balaban J connectivity index is 0.000000625. The summed E-state index contributed by atoms with van der Waals surface area (Å²) in [5.74, 6) is 2.06. The van der Waals surface area contributed by atoms with Crippen LogP contribution in [0.25, 0.3) is 10.6 Å². The van der Waals surface area contributed by atoms with Gasteiger partial charge in [0.25, 0.3) is 5.91 Å². The molecule has 1 atom stereocenters. The number of hydrogen-bond donors (Lipinski definition) is 1. The first-order chi connectivity index (χ1) is 14.9. The third kappa shape index (κ3) is 8.52. The van der Waals surface area contributed by atoms with Crippen LogP contribution in [0.1, 0.15) is 62.7 Å². The minimum atomic E-state index is -0.722. The van der Waals surface area contributed by atoms with Crippen LogP contribution in [0.5, 0.6) is 0 Å². The summed E-state index contributed by atoms with van der Waals surface area (Å²) in [6.07, 6.45) is 5.27. The predicted molar refractivity (Wildman–Crippen MR) is 127 cm³/mol. The number of terminal acetylenes is 1. The van der Waals surface area contributed by atoms with Crippen molar-refractivity contribution in [2.75, 3.05) is 20.2 Å². The van der Waals surface area contributed by atoms with Crippen LogP contribution >= 0.6 is 11.3 Å². The first kappa shape index (κ1) is 28.3. The van der Waals surface area contributed by atoms with Gasteiger partial charge in [-0.05, 0) is 38.0 Å². The molecule has 2 heterocycles. The van der Waals surface area contributed by atoms with E-state index in [0.29, 0.717) is 25.3 Å². The SMILES string of the molecule is C#Cc1ccc(C)c(-c2nc(C(=O)OCC)cs2)c1.CC.CC.CN1CCC(O)C1=O. The van der Waals surface area contributed by atoms with Gasteiger partial charge in [0, 0.05) is 30.1 Å². The second kappa shape index (κ2) is 15.2. The van der Waals surface area contributed by atoms with Gasteiger partial charge in [-0.1, -0.05) is 39.7 Å². The summed E-state index contributed by atoms with van der Waals surface area (Å²) in [6.45, 7) is 12.8. The van der Waals surface area contributed by atoms with Crippen molar-refractivity contribution in [2.24, 2.45) is 0 Å². The zero-order valence-electron chi connectivity index (χ0n) is 19.6. The molecule has 31 heavy (non-hydrogen) atoms. The Bertz CT molecular complexity index is 859. The Kier molecular flexibility index (Phi) is 13.8. The lowest BCUT2D eigenvalue weighted by Gasteiger charge is -2.04. The van der Waals surface area contributed by atoms with E-state index in [1.165, 1.54) is 16.2 Å². The lowest BCUT2D eigenvalue weighted by molar-refractivity contribution is -0.133. The van der Waals surface area contributed by atoms with Crippen LogP contribution in [0.3, 0.4) is 0 Å². The molecule has 1 aromatic carbocycles. The minimum Gasteiger partial charge on any atom is -0.461 e. The Morgan fingerprint density at radius 2 is 2.00 bits per heavy atom. The molecule has 2 aromatic rings. The van der Waals surface area contributed by atoms with Gasteiger partial charge < -0.3 is 14.7 Å². The molecule has 0 radical (unpaired) electrons. The number of aromatic nitrogens is 1. The maximum atomic E-state index is 11.6. The van der Waals surface area contributed by atoms with Gasteiger partial charge in [-0.3, -0.25) is 4.79 Å². The van der Waals surface area contributed by atoms with Crippen molar-refractivity contribution in [1.29, 1.82) is 0 Å². The highest BCUT2D eigenvalue weighted by Gasteiger charge is 2.26. The summed E-state index contributed by atoms with van der Waals surface area (Å²) in [6, 6.07) is 5.75. The molecular weight excluding hydrogens is 412 g/mol. The van der Waals surface area contributed by atoms with Gasteiger partial charge in [0.15, 0.2) is 5.69 Å². The van der Waals surface area contributed by atoms with Crippen LogP contribution < -0.4 is 0 Å². The zero-order chi connectivity index (χ0) is 24.0. The molecule has 0 aliphatic carbocycles. The summed E-state index contributed by atoms with van der Waals surface area (Å²) < 4.78 is 4.93. The van der Waals surface area contributed by atoms with Crippen molar-refractivity contribution < 1.29 is 19.4 Å². The van der Waals surface area contributed by atoms with Crippen LogP contribution in [0.2, 0.25) is 0 Å². The number of nitrogens with zero attached hydrogens (tertiary/aromatic N) is 2. The molecule has 1 amide bonds. The summed E-state index contributed by atoms with van der Waals surface area (Å²) >= 11 is 1.41. The van der Waals surface area contributed by atoms with Crippen molar-refractivity contribution in [3.8, 4) is 22.9 Å². The number of carbonyl (C=O) groups is 2. The molecule has 1 N–H and O–H groups in total. The lowest BCUT2D eigenvalue weighted by atomic mass is 10.1. The fraction of sp³-hybridized carbons (Fsp3) is 0.458. The van der Waals surface area contributed by atoms with Gasteiger partial charge in [0.2, 0.25) is 0 Å². The van der Waals surface area contributed by atoms with E-state index < -0.39 is 12.1 Å². The average Bonchev–Trinajstić information content (AvgIpc) is 3.40. The van der Waals surface area contributed by atoms with Crippen molar-refractivity contribution >= 4 is 23.2 Å². The van der Waals surface area contributed by atoms with E-state index in [1.807, 2.05) is 52.8 Å². The maximum Gasteiger partial charge on any atom is 0.357 e. The molecule has 1 aliphatic rings. The first-order valence-corrected chi connectivity index (χ1v) is 11.4. The maximum absolute atomic E-state index is 11.6. The molecule has 0 bridgehead atoms. The van der Waals surface area contributed by atoms with Gasteiger partial charge in [-0.25, -0.2) is 9.78 Å². The number of amides is 1. The van der Waals surface area contributed by atoms with Crippen molar-refractivity contribution in [1.82, 2.24) is 9.88 Å². The van der Waals surface area contributed by atoms with E-state index in [-0.39, 0.29) is 5.91 Å². The molecule has 1 fully saturated rings. The number of rotatable bonds is 3. The Morgan fingerprint density at radius 3 is 2.45 bits per heavy atom. The lowest BCUT2D eigenvalue weighted by Crippen LogP contribution is -2.24. The molecule has 1 unspecified atom stereocenters. The van der Waals surface area contributed by atoms with Crippen molar-refractivity contribution in [2.45, 2.75) is 54.1 Å². The number of likely N-dealkylation sites (tertiary alicyclic amines) is 1. The summed E-state index contributed by atoms with van der Waals surface area (Å²) in [7, 11) is 1.69. The quantitative estimate of drug-likeness (QED) is 0.553. The number of ether oxygens (including phenoxy) is 1. The van der Waals surface area contributed by atoms with Gasteiger partial charge in [0.05, 0.1) is 6.61 Å². The number of esters is 1.